The second-order valence-corrected chi connectivity index (χ2v) is 11.5. The average molecular weight is 560 g/mol. The number of hydrogen-bond donors (Lipinski definition) is 4. The van der Waals surface area contributed by atoms with Gasteiger partial charge in [-0.1, -0.05) is 30.7 Å². The van der Waals surface area contributed by atoms with E-state index in [-0.39, 0.29) is 41.8 Å². The number of allylic oxidation sites excluding steroid dienone is 1. The highest BCUT2D eigenvalue weighted by Gasteiger charge is 2.63. The maximum absolute atomic E-state index is 13.9. The van der Waals surface area contributed by atoms with Crippen LogP contribution in [0, 0.1) is 17.8 Å². The molecule has 0 bridgehead atoms. The van der Waals surface area contributed by atoms with E-state index in [1.165, 1.54) is 19.1 Å². The number of phenolic OH excluding ortho intramolecular Hbond substituents is 1. The van der Waals surface area contributed by atoms with Gasteiger partial charge in [-0.25, -0.2) is 4.79 Å². The lowest BCUT2D eigenvalue weighted by atomic mass is 9.54. The lowest BCUT2D eigenvalue weighted by Crippen LogP contribution is -2.64. The third-order valence-electron chi connectivity index (χ3n) is 9.01. The van der Waals surface area contributed by atoms with Crippen LogP contribution in [0.25, 0.3) is 0 Å². The number of benzene rings is 2. The maximum Gasteiger partial charge on any atom is 0.335 e. The van der Waals surface area contributed by atoms with Crippen LogP contribution in [0.4, 0.5) is 0 Å². The van der Waals surface area contributed by atoms with Crippen molar-refractivity contribution in [2.45, 2.75) is 65.1 Å². The van der Waals surface area contributed by atoms with E-state index in [4.69, 9.17) is 5.11 Å². The molecule has 4 N–H and O–H groups in total. The Bertz CT molecular complexity index is 1540. The van der Waals surface area contributed by atoms with Gasteiger partial charge in [0.2, 0.25) is 5.78 Å². The summed E-state index contributed by atoms with van der Waals surface area (Å²) in [6.07, 6.45) is 1.46. The fourth-order valence-electron chi connectivity index (χ4n) is 7.01. The van der Waals surface area contributed by atoms with Crippen molar-refractivity contribution in [2.75, 3.05) is 0 Å². The molecule has 0 aromatic heterocycles. The summed E-state index contributed by atoms with van der Waals surface area (Å²) in [6, 6.07) is 8.26. The molecule has 0 aliphatic heterocycles. The van der Waals surface area contributed by atoms with Crippen LogP contribution in [0.3, 0.4) is 0 Å². The van der Waals surface area contributed by atoms with Gasteiger partial charge in [0.05, 0.1) is 22.6 Å². The number of phenols is 1. The summed E-state index contributed by atoms with van der Waals surface area (Å²) in [6.45, 7) is 5.44. The Labute approximate surface area is 237 Å². The van der Waals surface area contributed by atoms with Gasteiger partial charge >= 0.3 is 5.97 Å². The minimum atomic E-state index is -2.44. The first kappa shape index (κ1) is 28.6. The van der Waals surface area contributed by atoms with E-state index in [0.29, 0.717) is 36.1 Å². The topological polar surface area (TPSA) is 158 Å². The van der Waals surface area contributed by atoms with E-state index in [0.717, 1.165) is 11.1 Å². The predicted molar refractivity (Wildman–Crippen MR) is 148 cm³/mol. The lowest BCUT2D eigenvalue weighted by molar-refractivity contribution is -0.165. The SMILES string of the molecule is CCc1cc(CNCc2ccc(C(=O)O)cc2)c(O)c2c1C[C@H]1C[C@H]3CC(C)=C(C(C)=O)C(=O)[C@@]3(O)C(=O)C1C2=O. The van der Waals surface area contributed by atoms with Crippen molar-refractivity contribution in [1.82, 2.24) is 5.32 Å². The molecule has 41 heavy (non-hydrogen) atoms. The van der Waals surface area contributed by atoms with Crippen molar-refractivity contribution in [1.29, 1.82) is 0 Å². The van der Waals surface area contributed by atoms with E-state index in [2.05, 4.69) is 5.32 Å². The number of ketones is 4. The summed E-state index contributed by atoms with van der Waals surface area (Å²) in [5.41, 5.74) is 1.07. The van der Waals surface area contributed by atoms with E-state index in [9.17, 15) is 34.2 Å². The van der Waals surface area contributed by atoms with E-state index in [1.54, 1.807) is 19.1 Å². The molecular weight excluding hydrogens is 526 g/mol. The molecule has 214 valence electrons. The zero-order valence-corrected chi connectivity index (χ0v) is 23.2. The largest absolute Gasteiger partial charge is 0.507 e. The standard InChI is InChI=1S/C32H33NO8/c1-4-18-10-21(14-33-13-17-5-7-19(8-6-17)31(39)40)27(35)26-23(18)12-20-11-22-9-15(2)24(16(3)34)29(37)32(22,41)30(38)25(20)28(26)36/h5-8,10,20,22,25,33,35,41H,4,9,11-14H2,1-3H3,(H,39,40)/t20-,22-,25?,32-/m1/s1. The van der Waals surface area contributed by atoms with E-state index >= 15 is 0 Å². The first-order valence-corrected chi connectivity index (χ1v) is 13.9. The molecule has 4 atom stereocenters. The Morgan fingerprint density at radius 3 is 2.34 bits per heavy atom. The first-order valence-electron chi connectivity index (χ1n) is 13.9. The second-order valence-electron chi connectivity index (χ2n) is 11.5. The highest BCUT2D eigenvalue weighted by Crippen LogP contribution is 2.51. The summed E-state index contributed by atoms with van der Waals surface area (Å²) in [4.78, 5) is 64.4. The van der Waals surface area contributed by atoms with Crippen molar-refractivity contribution < 1.29 is 39.3 Å². The van der Waals surface area contributed by atoms with Crippen LogP contribution < -0.4 is 5.32 Å². The number of aryl methyl sites for hydroxylation is 1. The van der Waals surface area contributed by atoms with Crippen LogP contribution in [0.1, 0.15) is 76.6 Å². The van der Waals surface area contributed by atoms with Crippen LogP contribution in [0.5, 0.6) is 5.75 Å². The molecule has 5 rings (SSSR count). The van der Waals surface area contributed by atoms with E-state index in [1.807, 2.05) is 13.0 Å². The van der Waals surface area contributed by atoms with E-state index < -0.39 is 52.5 Å². The number of carboxylic acids is 1. The maximum atomic E-state index is 13.9. The van der Waals surface area contributed by atoms with Gasteiger partial charge in [-0.3, -0.25) is 19.2 Å². The van der Waals surface area contributed by atoms with Gasteiger partial charge in [0, 0.05) is 24.6 Å². The first-order chi connectivity index (χ1) is 19.4. The zero-order chi connectivity index (χ0) is 29.8. The second kappa shape index (κ2) is 10.5. The molecule has 1 fully saturated rings. The number of aliphatic hydroxyl groups is 1. The van der Waals surface area contributed by atoms with Gasteiger partial charge in [0.25, 0.3) is 0 Å². The normalized spacial score (nSPS) is 25.5. The number of nitrogens with one attached hydrogen (secondary N) is 1. The predicted octanol–water partition coefficient (Wildman–Crippen LogP) is 3.11. The summed E-state index contributed by atoms with van der Waals surface area (Å²) < 4.78 is 0. The minimum absolute atomic E-state index is 0.0605. The number of aromatic hydroxyl groups is 1. The Morgan fingerprint density at radius 1 is 1.05 bits per heavy atom. The van der Waals surface area contributed by atoms with Crippen LogP contribution in [0.2, 0.25) is 0 Å². The Hall–Kier alpha value is -3.95. The van der Waals surface area contributed by atoms with Crippen LogP contribution in [0.15, 0.2) is 41.5 Å². The molecule has 9 heteroatoms. The summed E-state index contributed by atoms with van der Waals surface area (Å²) in [5.74, 6) is -6.59. The van der Waals surface area contributed by atoms with Crippen molar-refractivity contribution in [2.24, 2.45) is 17.8 Å². The summed E-state index contributed by atoms with van der Waals surface area (Å²) >= 11 is 0. The van der Waals surface area contributed by atoms with Crippen molar-refractivity contribution in [3.63, 3.8) is 0 Å². The number of rotatable bonds is 7. The number of carbonyl (C=O) groups is 5. The molecule has 0 spiro atoms. The highest BCUT2D eigenvalue weighted by molar-refractivity contribution is 6.32. The number of fused-ring (bicyclic) bond motifs is 3. The van der Waals surface area contributed by atoms with Crippen molar-refractivity contribution >= 4 is 29.1 Å². The molecule has 3 aliphatic rings. The van der Waals surface area contributed by atoms with Crippen molar-refractivity contribution in [3.8, 4) is 5.75 Å². The molecule has 2 aromatic rings. The molecule has 0 heterocycles. The Balaban J connectivity index is 1.44. The molecule has 3 aliphatic carbocycles. The number of carboxylic acid groups (broad SMARTS) is 1. The van der Waals surface area contributed by atoms with Crippen LogP contribution in [-0.4, -0.2) is 50.0 Å². The van der Waals surface area contributed by atoms with Gasteiger partial charge in [-0.15, -0.1) is 0 Å². The Kier molecular flexibility index (Phi) is 7.29. The number of aromatic carboxylic acids is 1. The number of carbonyl (C=O) groups excluding carboxylic acids is 4. The van der Waals surface area contributed by atoms with Gasteiger partial charge in [-0.2, -0.15) is 0 Å². The molecule has 1 saturated carbocycles. The summed E-state index contributed by atoms with van der Waals surface area (Å²) in [5, 5.41) is 35.1. The highest BCUT2D eigenvalue weighted by atomic mass is 16.4. The minimum Gasteiger partial charge on any atom is -0.507 e. The van der Waals surface area contributed by atoms with Crippen LogP contribution >= 0.6 is 0 Å². The fourth-order valence-corrected chi connectivity index (χ4v) is 7.01. The molecule has 0 saturated heterocycles. The van der Waals surface area contributed by atoms with Gasteiger partial charge in [0.1, 0.15) is 5.75 Å². The average Bonchev–Trinajstić information content (AvgIpc) is 2.92. The van der Waals surface area contributed by atoms with Crippen LogP contribution in [-0.2, 0) is 40.3 Å². The third kappa shape index (κ3) is 4.53. The van der Waals surface area contributed by atoms with Gasteiger partial charge < -0.3 is 20.6 Å². The number of hydrogen-bond acceptors (Lipinski definition) is 8. The lowest BCUT2D eigenvalue weighted by Gasteiger charge is -2.48. The molecule has 9 nitrogen and oxygen atoms in total. The van der Waals surface area contributed by atoms with Gasteiger partial charge in [-0.05, 0) is 74.3 Å². The monoisotopic (exact) mass is 559 g/mol. The van der Waals surface area contributed by atoms with Gasteiger partial charge in [0.15, 0.2) is 23.0 Å². The van der Waals surface area contributed by atoms with Crippen molar-refractivity contribution in [3.05, 3.63) is 74.9 Å². The molecule has 0 amide bonds. The summed E-state index contributed by atoms with van der Waals surface area (Å²) in [7, 11) is 0. The molecule has 2 aromatic carbocycles. The Morgan fingerprint density at radius 2 is 1.73 bits per heavy atom. The molecule has 0 radical (unpaired) electrons. The third-order valence-corrected chi connectivity index (χ3v) is 9.01. The molecular formula is C32H33NO8. The quantitative estimate of drug-likeness (QED) is 0.295. The fraction of sp³-hybridized carbons (Fsp3) is 0.406. The smallest absolute Gasteiger partial charge is 0.335 e. The number of Topliss-reactive ketones (excluding diaryl/α,β-unsaturated/α-hetero) is 4. The molecule has 1 unspecified atom stereocenters. The zero-order valence-electron chi connectivity index (χ0n) is 23.2.